The summed E-state index contributed by atoms with van der Waals surface area (Å²) in [6, 6.07) is 0.0658. The Labute approximate surface area is 175 Å². The van der Waals surface area contributed by atoms with Gasteiger partial charge >= 0.3 is 0 Å². The first-order valence-electron chi connectivity index (χ1n) is 12.0. The van der Waals surface area contributed by atoms with Gasteiger partial charge in [0.25, 0.3) is 0 Å². The van der Waals surface area contributed by atoms with E-state index in [1.54, 1.807) is 0 Å². The van der Waals surface area contributed by atoms with Crippen molar-refractivity contribution >= 4 is 0 Å². The second kappa shape index (κ2) is 22.9. The number of unbranched alkanes of at least 4 members (excludes halogenated alkanes) is 12. The topological polar surface area (TPSA) is 63.9 Å². The minimum atomic E-state index is 0.0658. The van der Waals surface area contributed by atoms with Gasteiger partial charge in [-0.3, -0.25) is 4.90 Å². The molecule has 0 aromatic heterocycles. The zero-order chi connectivity index (χ0) is 20.7. The van der Waals surface area contributed by atoms with Gasteiger partial charge in [0.1, 0.15) is 0 Å². The Morgan fingerprint density at radius 3 is 1.57 bits per heavy atom. The molecule has 0 aromatic rings. The first-order chi connectivity index (χ1) is 13.8. The van der Waals surface area contributed by atoms with Gasteiger partial charge in [0.05, 0.1) is 19.8 Å². The van der Waals surface area contributed by atoms with E-state index in [9.17, 15) is 5.11 Å². The average Bonchev–Trinajstić information content (AvgIpc) is 2.70. The van der Waals surface area contributed by atoms with Crippen LogP contribution in [0.15, 0.2) is 12.2 Å². The summed E-state index contributed by atoms with van der Waals surface area (Å²) in [6.07, 6.45) is 23.9. The van der Waals surface area contributed by atoms with Crippen LogP contribution >= 0.6 is 0 Å². The van der Waals surface area contributed by atoms with E-state index in [2.05, 4.69) is 19.1 Å². The summed E-state index contributed by atoms with van der Waals surface area (Å²) in [7, 11) is 0. The van der Waals surface area contributed by atoms with Gasteiger partial charge in [-0.05, 0) is 32.1 Å². The van der Waals surface area contributed by atoms with E-state index in [0.29, 0.717) is 13.1 Å². The van der Waals surface area contributed by atoms with Crippen LogP contribution in [-0.4, -0.2) is 59.2 Å². The lowest BCUT2D eigenvalue weighted by Crippen LogP contribution is -2.41. The summed E-state index contributed by atoms with van der Waals surface area (Å²) in [4.78, 5) is 2.00. The van der Waals surface area contributed by atoms with Gasteiger partial charge < -0.3 is 15.3 Å². The molecule has 0 bridgehead atoms. The largest absolute Gasteiger partial charge is 0.395 e. The van der Waals surface area contributed by atoms with Crippen LogP contribution in [0.3, 0.4) is 0 Å². The van der Waals surface area contributed by atoms with Crippen LogP contribution in [0, 0.1) is 0 Å². The first kappa shape index (κ1) is 27.6. The molecule has 0 aliphatic heterocycles. The van der Waals surface area contributed by atoms with Crippen molar-refractivity contribution in [2.45, 2.75) is 109 Å². The molecule has 0 rings (SSSR count). The molecule has 0 saturated carbocycles. The van der Waals surface area contributed by atoms with Crippen LogP contribution in [0.4, 0.5) is 0 Å². The summed E-state index contributed by atoms with van der Waals surface area (Å²) in [5.41, 5.74) is 0. The highest BCUT2D eigenvalue weighted by molar-refractivity contribution is 4.81. The number of aliphatic hydroxyl groups excluding tert-OH is 3. The molecule has 1 unspecified atom stereocenters. The normalized spacial score (nSPS) is 13.0. The fraction of sp³-hybridized carbons (Fsp3) is 0.917. The molecule has 28 heavy (non-hydrogen) atoms. The number of rotatable bonds is 22. The van der Waals surface area contributed by atoms with Crippen molar-refractivity contribution in [3.05, 3.63) is 12.2 Å². The van der Waals surface area contributed by atoms with Gasteiger partial charge in [-0.2, -0.15) is 0 Å². The second-order valence-corrected chi connectivity index (χ2v) is 8.05. The lowest BCUT2D eigenvalue weighted by Gasteiger charge is -2.29. The standard InChI is InChI=1S/C24H49NO3/c1-2-3-4-5-6-7-8-9-10-11-12-13-14-15-16-17-18-24(23-28)25(19-21-26)20-22-27/h9-10,24,26-28H,2-8,11-23H2,1H3/b10-9-. The van der Waals surface area contributed by atoms with Crippen molar-refractivity contribution in [1.82, 2.24) is 4.90 Å². The molecule has 0 radical (unpaired) electrons. The minimum Gasteiger partial charge on any atom is -0.395 e. The van der Waals surface area contributed by atoms with E-state index < -0.39 is 0 Å². The highest BCUT2D eigenvalue weighted by Gasteiger charge is 2.16. The van der Waals surface area contributed by atoms with Crippen molar-refractivity contribution in [1.29, 1.82) is 0 Å². The SMILES string of the molecule is CCCCCCCC/C=C\CCCCCCCCC(CO)N(CCO)CCO. The van der Waals surface area contributed by atoms with Gasteiger partial charge in [0.2, 0.25) is 0 Å². The summed E-state index contributed by atoms with van der Waals surface area (Å²) in [5, 5.41) is 27.8. The first-order valence-corrected chi connectivity index (χ1v) is 12.0. The molecule has 3 N–H and O–H groups in total. The molecule has 0 aromatic carbocycles. The molecule has 4 nitrogen and oxygen atoms in total. The van der Waals surface area contributed by atoms with Crippen molar-refractivity contribution < 1.29 is 15.3 Å². The Bertz CT molecular complexity index is 317. The molecular formula is C24H49NO3. The van der Waals surface area contributed by atoms with E-state index in [-0.39, 0.29) is 25.9 Å². The predicted molar refractivity (Wildman–Crippen MR) is 121 cm³/mol. The number of hydrogen-bond donors (Lipinski definition) is 3. The van der Waals surface area contributed by atoms with E-state index in [1.807, 2.05) is 4.90 Å². The second-order valence-electron chi connectivity index (χ2n) is 8.05. The zero-order valence-corrected chi connectivity index (χ0v) is 18.7. The zero-order valence-electron chi connectivity index (χ0n) is 18.7. The van der Waals surface area contributed by atoms with Gasteiger partial charge in [-0.1, -0.05) is 83.3 Å². The molecule has 0 heterocycles. The van der Waals surface area contributed by atoms with E-state index in [1.165, 1.54) is 83.5 Å². The Morgan fingerprint density at radius 2 is 1.11 bits per heavy atom. The highest BCUT2D eigenvalue weighted by atomic mass is 16.3. The Hall–Kier alpha value is -0.420. The molecule has 0 aliphatic rings. The average molecular weight is 400 g/mol. The lowest BCUT2D eigenvalue weighted by molar-refractivity contribution is 0.0781. The number of nitrogens with zero attached hydrogens (tertiary/aromatic N) is 1. The van der Waals surface area contributed by atoms with Crippen molar-refractivity contribution in [3.8, 4) is 0 Å². The maximum Gasteiger partial charge on any atom is 0.0586 e. The summed E-state index contributed by atoms with van der Waals surface area (Å²) < 4.78 is 0. The lowest BCUT2D eigenvalue weighted by atomic mass is 10.0. The third kappa shape index (κ3) is 17.7. The number of hydrogen-bond acceptors (Lipinski definition) is 4. The highest BCUT2D eigenvalue weighted by Crippen LogP contribution is 2.13. The van der Waals surface area contributed by atoms with Crippen LogP contribution in [0.2, 0.25) is 0 Å². The summed E-state index contributed by atoms with van der Waals surface area (Å²) >= 11 is 0. The molecule has 1 atom stereocenters. The molecule has 168 valence electrons. The van der Waals surface area contributed by atoms with Crippen LogP contribution in [0.5, 0.6) is 0 Å². The van der Waals surface area contributed by atoms with Crippen LogP contribution in [-0.2, 0) is 0 Å². The maximum absolute atomic E-state index is 9.56. The molecular weight excluding hydrogens is 350 g/mol. The maximum atomic E-state index is 9.56. The fourth-order valence-electron chi connectivity index (χ4n) is 3.75. The van der Waals surface area contributed by atoms with Crippen molar-refractivity contribution in [2.24, 2.45) is 0 Å². The monoisotopic (exact) mass is 399 g/mol. The predicted octanol–water partition coefficient (Wildman–Crippen LogP) is 5.06. The molecule has 4 heteroatoms. The van der Waals surface area contributed by atoms with E-state index in [0.717, 1.165) is 12.8 Å². The fourth-order valence-corrected chi connectivity index (χ4v) is 3.75. The van der Waals surface area contributed by atoms with Gasteiger partial charge in [-0.15, -0.1) is 0 Å². The van der Waals surface area contributed by atoms with Gasteiger partial charge in [0.15, 0.2) is 0 Å². The summed E-state index contributed by atoms with van der Waals surface area (Å²) in [6.45, 7) is 3.57. The molecule has 0 aliphatic carbocycles. The smallest absolute Gasteiger partial charge is 0.0586 e. The van der Waals surface area contributed by atoms with Crippen molar-refractivity contribution in [3.63, 3.8) is 0 Å². The van der Waals surface area contributed by atoms with Crippen LogP contribution in [0.25, 0.3) is 0 Å². The van der Waals surface area contributed by atoms with Crippen LogP contribution < -0.4 is 0 Å². The number of aliphatic hydroxyl groups is 3. The summed E-state index contributed by atoms with van der Waals surface area (Å²) in [5.74, 6) is 0. The third-order valence-corrected chi connectivity index (χ3v) is 5.55. The van der Waals surface area contributed by atoms with E-state index >= 15 is 0 Å². The minimum absolute atomic E-state index is 0.0658. The molecule has 0 fully saturated rings. The van der Waals surface area contributed by atoms with E-state index in [4.69, 9.17) is 10.2 Å². The van der Waals surface area contributed by atoms with Gasteiger partial charge in [-0.25, -0.2) is 0 Å². The Morgan fingerprint density at radius 1 is 0.643 bits per heavy atom. The molecule has 0 amide bonds. The van der Waals surface area contributed by atoms with Crippen LogP contribution in [0.1, 0.15) is 103 Å². The number of allylic oxidation sites excluding steroid dienone is 2. The third-order valence-electron chi connectivity index (χ3n) is 5.55. The van der Waals surface area contributed by atoms with Crippen molar-refractivity contribution in [2.75, 3.05) is 32.9 Å². The van der Waals surface area contributed by atoms with Gasteiger partial charge in [0, 0.05) is 19.1 Å². The molecule has 0 saturated heterocycles. The Kier molecular flexibility index (Phi) is 22.5. The Balaban J connectivity index is 3.47. The quantitative estimate of drug-likeness (QED) is 0.176. The molecule has 0 spiro atoms.